The van der Waals surface area contributed by atoms with Crippen LogP contribution in [0, 0.1) is 0 Å². The highest BCUT2D eigenvalue weighted by atomic mass is 32.1. The molecular weight excluding hydrogens is 316 g/mol. The highest BCUT2D eigenvalue weighted by Crippen LogP contribution is 2.11. The van der Waals surface area contributed by atoms with Crippen molar-refractivity contribution in [1.29, 1.82) is 0 Å². The zero-order chi connectivity index (χ0) is 15.8. The van der Waals surface area contributed by atoms with Gasteiger partial charge < -0.3 is 15.0 Å². The third-order valence-corrected chi connectivity index (χ3v) is 4.76. The van der Waals surface area contributed by atoms with Gasteiger partial charge in [-0.25, -0.2) is 4.79 Å². The molecule has 2 rings (SSSR count). The largest absolute Gasteiger partial charge is 0.383 e. The smallest absolute Gasteiger partial charge is 0.317 e. The fraction of sp³-hybridized carbons (Fsp3) is 0.438. The normalized spacial score (nSPS) is 12.1. The van der Waals surface area contributed by atoms with E-state index in [9.17, 15) is 4.79 Å². The Labute approximate surface area is 139 Å². The standard InChI is InChI=1S/C16H22N2O2S2/c1-13(9-14-3-7-21-11-14)17-16(19)18(5-6-20-2)10-15-4-8-22-12-15/h3-4,7-8,11-13H,5-6,9-10H2,1-2H3,(H,17,19). The Morgan fingerprint density at radius 1 is 1.27 bits per heavy atom. The third-order valence-electron chi connectivity index (χ3n) is 3.30. The molecular formula is C16H22N2O2S2. The minimum Gasteiger partial charge on any atom is -0.383 e. The minimum absolute atomic E-state index is 0.0361. The maximum atomic E-state index is 12.5. The summed E-state index contributed by atoms with van der Waals surface area (Å²) in [5, 5.41) is 11.4. The van der Waals surface area contributed by atoms with Gasteiger partial charge in [0.15, 0.2) is 0 Å². The van der Waals surface area contributed by atoms with Crippen molar-refractivity contribution in [1.82, 2.24) is 10.2 Å². The molecule has 2 aromatic rings. The van der Waals surface area contributed by atoms with Crippen LogP contribution in [-0.4, -0.2) is 37.2 Å². The van der Waals surface area contributed by atoms with Crippen LogP contribution in [0.3, 0.4) is 0 Å². The van der Waals surface area contributed by atoms with Crippen molar-refractivity contribution >= 4 is 28.7 Å². The molecule has 4 nitrogen and oxygen atoms in total. The summed E-state index contributed by atoms with van der Waals surface area (Å²) in [4.78, 5) is 14.3. The molecule has 120 valence electrons. The minimum atomic E-state index is -0.0361. The number of urea groups is 1. The molecule has 1 atom stereocenters. The number of carbonyl (C=O) groups excluding carboxylic acids is 1. The van der Waals surface area contributed by atoms with Crippen LogP contribution >= 0.6 is 22.7 Å². The lowest BCUT2D eigenvalue weighted by molar-refractivity contribution is 0.145. The second kappa shape index (κ2) is 8.92. The molecule has 2 aromatic heterocycles. The summed E-state index contributed by atoms with van der Waals surface area (Å²) >= 11 is 3.33. The van der Waals surface area contributed by atoms with Gasteiger partial charge >= 0.3 is 6.03 Å². The summed E-state index contributed by atoms with van der Waals surface area (Å²) < 4.78 is 5.11. The highest BCUT2D eigenvalue weighted by Gasteiger charge is 2.16. The number of methoxy groups -OCH3 is 1. The maximum absolute atomic E-state index is 12.5. The van der Waals surface area contributed by atoms with Crippen molar-refractivity contribution in [3.8, 4) is 0 Å². The summed E-state index contributed by atoms with van der Waals surface area (Å²) in [5.74, 6) is 0. The molecule has 0 bridgehead atoms. The molecule has 6 heteroatoms. The molecule has 1 N–H and O–H groups in total. The molecule has 0 aliphatic heterocycles. The number of amides is 2. The van der Waals surface area contributed by atoms with E-state index in [0.29, 0.717) is 19.7 Å². The van der Waals surface area contributed by atoms with E-state index in [1.165, 1.54) is 5.56 Å². The Morgan fingerprint density at radius 3 is 2.55 bits per heavy atom. The van der Waals surface area contributed by atoms with Crippen LogP contribution in [0.25, 0.3) is 0 Å². The number of thiophene rings is 2. The molecule has 0 aliphatic carbocycles. The zero-order valence-corrected chi connectivity index (χ0v) is 14.6. The van der Waals surface area contributed by atoms with Crippen LogP contribution in [0.1, 0.15) is 18.1 Å². The Hall–Kier alpha value is -1.37. The lowest BCUT2D eigenvalue weighted by Gasteiger charge is -2.24. The summed E-state index contributed by atoms with van der Waals surface area (Å²) in [6, 6.07) is 4.22. The Balaban J connectivity index is 1.89. The predicted octanol–water partition coefficient (Wildman–Crippen LogP) is 3.60. The summed E-state index contributed by atoms with van der Waals surface area (Å²) in [5.41, 5.74) is 2.42. The van der Waals surface area contributed by atoms with Crippen molar-refractivity contribution in [2.75, 3.05) is 20.3 Å². The molecule has 2 amide bonds. The average molecular weight is 338 g/mol. The third kappa shape index (κ3) is 5.44. The lowest BCUT2D eigenvalue weighted by Crippen LogP contribution is -2.45. The van der Waals surface area contributed by atoms with Gasteiger partial charge in [-0.1, -0.05) is 0 Å². The first-order valence-electron chi connectivity index (χ1n) is 7.25. The lowest BCUT2D eigenvalue weighted by atomic mass is 10.1. The van der Waals surface area contributed by atoms with Crippen LogP contribution < -0.4 is 5.32 Å². The first kappa shape index (κ1) is 17.0. The van der Waals surface area contributed by atoms with Crippen molar-refractivity contribution in [2.24, 2.45) is 0 Å². The molecule has 0 aromatic carbocycles. The number of nitrogens with zero attached hydrogens (tertiary/aromatic N) is 1. The summed E-state index contributed by atoms with van der Waals surface area (Å²) in [6.45, 7) is 3.78. The van der Waals surface area contributed by atoms with E-state index in [4.69, 9.17) is 4.74 Å². The Bertz CT molecular complexity index is 541. The number of carbonyl (C=O) groups is 1. The molecule has 0 saturated heterocycles. The van der Waals surface area contributed by atoms with E-state index in [1.54, 1.807) is 34.7 Å². The zero-order valence-electron chi connectivity index (χ0n) is 13.0. The van der Waals surface area contributed by atoms with E-state index in [2.05, 4.69) is 27.5 Å². The number of hydrogen-bond donors (Lipinski definition) is 1. The molecule has 0 spiro atoms. The molecule has 0 fully saturated rings. The van der Waals surface area contributed by atoms with Crippen molar-refractivity contribution in [2.45, 2.75) is 25.9 Å². The van der Waals surface area contributed by atoms with Crippen LogP contribution in [0.2, 0.25) is 0 Å². The van der Waals surface area contributed by atoms with Crippen molar-refractivity contribution in [3.05, 3.63) is 44.8 Å². The molecule has 0 saturated carbocycles. The number of hydrogen-bond acceptors (Lipinski definition) is 4. The van der Waals surface area contributed by atoms with Crippen molar-refractivity contribution < 1.29 is 9.53 Å². The van der Waals surface area contributed by atoms with Gasteiger partial charge in [-0.05, 0) is 58.1 Å². The Kier molecular flexibility index (Phi) is 6.89. The molecule has 0 aliphatic rings. The van der Waals surface area contributed by atoms with Gasteiger partial charge in [-0.15, -0.1) is 0 Å². The van der Waals surface area contributed by atoms with Gasteiger partial charge in [0.2, 0.25) is 0 Å². The van der Waals surface area contributed by atoms with E-state index in [0.717, 1.165) is 12.0 Å². The average Bonchev–Trinajstić information content (AvgIpc) is 3.16. The quantitative estimate of drug-likeness (QED) is 0.799. The highest BCUT2D eigenvalue weighted by molar-refractivity contribution is 7.08. The molecule has 1 unspecified atom stereocenters. The second-order valence-electron chi connectivity index (χ2n) is 5.23. The van der Waals surface area contributed by atoms with E-state index in [-0.39, 0.29) is 12.1 Å². The fourth-order valence-electron chi connectivity index (χ4n) is 2.17. The summed E-state index contributed by atoms with van der Waals surface area (Å²) in [7, 11) is 1.65. The van der Waals surface area contributed by atoms with Gasteiger partial charge in [-0.2, -0.15) is 22.7 Å². The number of rotatable bonds is 8. The monoisotopic (exact) mass is 338 g/mol. The molecule has 22 heavy (non-hydrogen) atoms. The van der Waals surface area contributed by atoms with E-state index >= 15 is 0 Å². The van der Waals surface area contributed by atoms with Gasteiger partial charge in [0, 0.05) is 26.2 Å². The van der Waals surface area contributed by atoms with Crippen LogP contribution in [0.5, 0.6) is 0 Å². The fourth-order valence-corrected chi connectivity index (χ4v) is 3.51. The van der Waals surface area contributed by atoms with Crippen LogP contribution in [-0.2, 0) is 17.7 Å². The number of nitrogens with one attached hydrogen (secondary N) is 1. The maximum Gasteiger partial charge on any atom is 0.317 e. The first-order chi connectivity index (χ1) is 10.7. The van der Waals surface area contributed by atoms with Gasteiger partial charge in [0.05, 0.1) is 6.61 Å². The van der Waals surface area contributed by atoms with Gasteiger partial charge in [0.25, 0.3) is 0 Å². The number of ether oxygens (including phenoxy) is 1. The van der Waals surface area contributed by atoms with Crippen LogP contribution in [0.4, 0.5) is 4.79 Å². The SMILES string of the molecule is COCCN(Cc1ccsc1)C(=O)NC(C)Cc1ccsc1. The first-order valence-corrected chi connectivity index (χ1v) is 9.14. The Morgan fingerprint density at radius 2 is 1.95 bits per heavy atom. The molecule has 2 heterocycles. The topological polar surface area (TPSA) is 41.6 Å². The molecule has 0 radical (unpaired) electrons. The predicted molar refractivity (Wildman–Crippen MR) is 92.6 cm³/mol. The van der Waals surface area contributed by atoms with E-state index < -0.39 is 0 Å². The van der Waals surface area contributed by atoms with Gasteiger partial charge in [-0.3, -0.25) is 0 Å². The van der Waals surface area contributed by atoms with Crippen LogP contribution in [0.15, 0.2) is 33.7 Å². The summed E-state index contributed by atoms with van der Waals surface area (Å²) in [6.07, 6.45) is 0.853. The van der Waals surface area contributed by atoms with E-state index in [1.807, 2.05) is 18.4 Å². The van der Waals surface area contributed by atoms with Gasteiger partial charge in [0.1, 0.15) is 0 Å². The second-order valence-corrected chi connectivity index (χ2v) is 6.79. The van der Waals surface area contributed by atoms with Crippen molar-refractivity contribution in [3.63, 3.8) is 0 Å².